The van der Waals surface area contributed by atoms with Crippen molar-refractivity contribution in [3.63, 3.8) is 0 Å². The molecule has 2 heteroatoms. The highest BCUT2D eigenvalue weighted by Gasteiger charge is 2.36. The minimum atomic E-state index is -0.202. The molecule has 0 fully saturated rings. The van der Waals surface area contributed by atoms with Crippen molar-refractivity contribution in [2.45, 2.75) is 19.3 Å². The van der Waals surface area contributed by atoms with Gasteiger partial charge < -0.3 is 4.90 Å². The smallest absolute Gasteiger partial charge is 0.0468 e. The monoisotopic (exact) mass is 769 g/mol. The summed E-state index contributed by atoms with van der Waals surface area (Å²) in [6, 6.07) is 74.3. The summed E-state index contributed by atoms with van der Waals surface area (Å²) >= 11 is 1.90. The Bertz CT molecular complexity index is 3430. The lowest BCUT2D eigenvalue weighted by atomic mass is 9.81. The largest absolute Gasteiger partial charge is 0.310 e. The van der Waals surface area contributed by atoms with E-state index in [4.69, 9.17) is 0 Å². The van der Waals surface area contributed by atoms with E-state index in [0.29, 0.717) is 0 Å². The van der Waals surface area contributed by atoms with E-state index in [9.17, 15) is 0 Å². The average Bonchev–Trinajstić information content (AvgIpc) is 3.78. The molecule has 0 bridgehead atoms. The molecule has 0 atom stereocenters. The first-order valence-electron chi connectivity index (χ1n) is 20.5. The van der Waals surface area contributed by atoms with Gasteiger partial charge in [0.2, 0.25) is 0 Å². The molecule has 278 valence electrons. The fraction of sp³-hybridized carbons (Fsp3) is 0.0526. The van der Waals surface area contributed by atoms with Gasteiger partial charge >= 0.3 is 0 Å². The topological polar surface area (TPSA) is 3.24 Å². The Balaban J connectivity index is 1.01. The highest BCUT2D eigenvalue weighted by Crippen LogP contribution is 2.52. The van der Waals surface area contributed by atoms with Crippen LogP contribution in [0, 0.1) is 0 Å². The van der Waals surface area contributed by atoms with Crippen LogP contribution in [0.5, 0.6) is 0 Å². The third kappa shape index (κ3) is 5.23. The number of anilines is 3. The molecule has 0 aliphatic heterocycles. The standard InChI is InChI=1S/C57H39NS/c1-57(2)53-33-38(42-20-12-21-51-50-19-10-11-22-55(50)59-56(42)51)25-30-48(53)49-32-29-41(35-54(49)57)58(39-26-23-37(24-27-39)36-13-4-3-5-14-36)40-28-31-47-45-17-7-6-15-43(45)44-16-8-9-18-46(44)52(47)34-40/h3-35H,1-2H3. The van der Waals surface area contributed by atoms with E-state index in [2.05, 4.69) is 219 Å². The van der Waals surface area contributed by atoms with Gasteiger partial charge in [0, 0.05) is 42.6 Å². The Hall–Kier alpha value is -7.00. The van der Waals surface area contributed by atoms with Crippen LogP contribution in [0.25, 0.3) is 85.9 Å². The Morgan fingerprint density at radius 1 is 0.339 bits per heavy atom. The van der Waals surface area contributed by atoms with E-state index >= 15 is 0 Å². The second-order valence-electron chi connectivity index (χ2n) is 16.5. The minimum absolute atomic E-state index is 0.202. The fourth-order valence-corrected chi connectivity index (χ4v) is 11.2. The van der Waals surface area contributed by atoms with Crippen LogP contribution >= 0.6 is 11.3 Å². The fourth-order valence-electron chi connectivity index (χ4n) is 9.92. The molecule has 0 saturated carbocycles. The molecule has 1 aromatic heterocycles. The van der Waals surface area contributed by atoms with Crippen LogP contribution < -0.4 is 4.90 Å². The second kappa shape index (κ2) is 13.0. The molecule has 0 spiro atoms. The van der Waals surface area contributed by atoms with Crippen molar-refractivity contribution in [1.29, 1.82) is 0 Å². The maximum atomic E-state index is 2.47. The van der Waals surface area contributed by atoms with E-state index in [1.165, 1.54) is 97.0 Å². The first-order valence-corrected chi connectivity index (χ1v) is 21.3. The summed E-state index contributed by atoms with van der Waals surface area (Å²) in [5.41, 5.74) is 13.6. The highest BCUT2D eigenvalue weighted by molar-refractivity contribution is 7.26. The van der Waals surface area contributed by atoms with Crippen molar-refractivity contribution in [1.82, 2.24) is 0 Å². The normalized spacial score (nSPS) is 13.1. The van der Waals surface area contributed by atoms with Gasteiger partial charge in [0.25, 0.3) is 0 Å². The van der Waals surface area contributed by atoms with E-state index in [-0.39, 0.29) is 5.41 Å². The maximum absolute atomic E-state index is 2.47. The molecule has 0 saturated heterocycles. The molecule has 11 aromatic rings. The van der Waals surface area contributed by atoms with E-state index in [0.717, 1.165) is 17.1 Å². The lowest BCUT2D eigenvalue weighted by molar-refractivity contribution is 0.660. The SMILES string of the molecule is CC1(C)c2cc(-c3cccc4c3sc3ccccc34)ccc2-c2ccc(N(c3ccc(-c4ccccc4)cc3)c3ccc4c5ccccc5c5ccccc5c4c3)cc21. The Morgan fingerprint density at radius 3 is 1.58 bits per heavy atom. The lowest BCUT2D eigenvalue weighted by Crippen LogP contribution is -2.16. The van der Waals surface area contributed by atoms with Crippen LogP contribution in [-0.4, -0.2) is 0 Å². The molecular formula is C57H39NS. The molecule has 0 radical (unpaired) electrons. The van der Waals surface area contributed by atoms with Crippen LogP contribution in [0.2, 0.25) is 0 Å². The van der Waals surface area contributed by atoms with Gasteiger partial charge in [0.15, 0.2) is 0 Å². The molecule has 10 aromatic carbocycles. The molecule has 59 heavy (non-hydrogen) atoms. The van der Waals surface area contributed by atoms with Crippen molar-refractivity contribution < 1.29 is 0 Å². The minimum Gasteiger partial charge on any atom is -0.310 e. The predicted octanol–water partition coefficient (Wildman–Crippen LogP) is 16.6. The van der Waals surface area contributed by atoms with Crippen LogP contribution in [0.15, 0.2) is 200 Å². The lowest BCUT2D eigenvalue weighted by Gasteiger charge is -2.29. The number of thiophene rings is 1. The van der Waals surface area contributed by atoms with Crippen LogP contribution in [-0.2, 0) is 5.41 Å². The summed E-state index contributed by atoms with van der Waals surface area (Å²) < 4.78 is 2.69. The van der Waals surface area contributed by atoms with Gasteiger partial charge in [-0.15, -0.1) is 11.3 Å². The van der Waals surface area contributed by atoms with Crippen LogP contribution in [0.1, 0.15) is 25.0 Å². The quantitative estimate of drug-likeness (QED) is 0.158. The number of benzene rings is 10. The number of hydrogen-bond donors (Lipinski definition) is 0. The van der Waals surface area contributed by atoms with Gasteiger partial charge in [-0.2, -0.15) is 0 Å². The molecule has 1 nitrogen and oxygen atoms in total. The van der Waals surface area contributed by atoms with Crippen molar-refractivity contribution in [3.05, 3.63) is 211 Å². The summed E-state index contributed by atoms with van der Waals surface area (Å²) in [7, 11) is 0. The van der Waals surface area contributed by atoms with Gasteiger partial charge in [0.1, 0.15) is 0 Å². The first-order chi connectivity index (χ1) is 29.0. The third-order valence-electron chi connectivity index (χ3n) is 12.9. The number of hydrogen-bond acceptors (Lipinski definition) is 2. The molecule has 12 rings (SSSR count). The summed E-state index contributed by atoms with van der Waals surface area (Å²) in [4.78, 5) is 2.45. The summed E-state index contributed by atoms with van der Waals surface area (Å²) in [5.74, 6) is 0. The maximum Gasteiger partial charge on any atom is 0.0468 e. The average molecular weight is 770 g/mol. The predicted molar refractivity (Wildman–Crippen MR) is 255 cm³/mol. The van der Waals surface area contributed by atoms with E-state index < -0.39 is 0 Å². The summed E-state index contributed by atoms with van der Waals surface area (Å²) in [6.45, 7) is 4.80. The molecular weight excluding hydrogens is 731 g/mol. The number of nitrogens with zero attached hydrogens (tertiary/aromatic N) is 1. The van der Waals surface area contributed by atoms with Crippen molar-refractivity contribution in [2.75, 3.05) is 4.90 Å². The van der Waals surface area contributed by atoms with Crippen LogP contribution in [0.4, 0.5) is 17.1 Å². The molecule has 1 aliphatic rings. The highest BCUT2D eigenvalue weighted by atomic mass is 32.1. The number of rotatable bonds is 5. The van der Waals surface area contributed by atoms with E-state index in [1.54, 1.807) is 0 Å². The zero-order chi connectivity index (χ0) is 39.2. The molecule has 1 aliphatic carbocycles. The molecule has 1 heterocycles. The molecule has 0 N–H and O–H groups in total. The van der Waals surface area contributed by atoms with Gasteiger partial charge in [-0.05, 0) is 125 Å². The van der Waals surface area contributed by atoms with Gasteiger partial charge in [-0.25, -0.2) is 0 Å². The number of fused-ring (bicyclic) bond motifs is 12. The third-order valence-corrected chi connectivity index (χ3v) is 14.1. The zero-order valence-electron chi connectivity index (χ0n) is 32.9. The second-order valence-corrected chi connectivity index (χ2v) is 17.5. The van der Waals surface area contributed by atoms with Gasteiger partial charge in [-0.3, -0.25) is 0 Å². The van der Waals surface area contributed by atoms with Gasteiger partial charge in [0.05, 0.1) is 0 Å². The van der Waals surface area contributed by atoms with Crippen molar-refractivity contribution >= 4 is 80.9 Å². The van der Waals surface area contributed by atoms with Gasteiger partial charge in [-0.1, -0.05) is 166 Å². The Morgan fingerprint density at radius 2 is 0.847 bits per heavy atom. The molecule has 0 amide bonds. The van der Waals surface area contributed by atoms with Crippen molar-refractivity contribution in [3.8, 4) is 33.4 Å². The summed E-state index contributed by atoms with van der Waals surface area (Å²) in [6.07, 6.45) is 0. The van der Waals surface area contributed by atoms with Crippen molar-refractivity contribution in [2.24, 2.45) is 0 Å². The zero-order valence-corrected chi connectivity index (χ0v) is 33.7. The Labute approximate surface area is 348 Å². The Kier molecular flexibility index (Phi) is 7.51. The summed E-state index contributed by atoms with van der Waals surface area (Å²) in [5, 5.41) is 10.3. The molecule has 0 unspecified atom stereocenters. The van der Waals surface area contributed by atoms with E-state index in [1.807, 2.05) is 11.3 Å². The van der Waals surface area contributed by atoms with Crippen LogP contribution in [0.3, 0.4) is 0 Å². The first kappa shape index (κ1) is 34.1.